The Morgan fingerprint density at radius 3 is 2.06 bits per heavy atom. The van der Waals surface area contributed by atoms with Crippen molar-refractivity contribution in [3.05, 3.63) is 21.1 Å². The minimum absolute atomic E-state index is 0.275. The van der Waals surface area contributed by atoms with E-state index in [1.807, 2.05) is 0 Å². The maximum Gasteiger partial charge on any atom is 0.243 e. The van der Waals surface area contributed by atoms with Gasteiger partial charge in [-0.3, -0.25) is 0 Å². The average molecular weight is 398 g/mol. The second-order valence-corrected chi connectivity index (χ2v) is 7.91. The van der Waals surface area contributed by atoms with E-state index < -0.39 is 10.0 Å². The van der Waals surface area contributed by atoms with Crippen molar-refractivity contribution < 1.29 is 8.42 Å². The second-order valence-electron chi connectivity index (χ2n) is 4.27. The summed E-state index contributed by atoms with van der Waals surface area (Å²) in [4.78, 5) is 0.275. The van der Waals surface area contributed by atoms with Crippen LogP contribution in [-0.2, 0) is 10.0 Å². The molecule has 0 bridgehead atoms. The number of benzene rings is 1. The predicted molar refractivity (Wildman–Crippen MR) is 78.9 cm³/mol. The number of piperidine rings is 1. The molecule has 1 saturated heterocycles. The first-order valence-corrected chi connectivity index (χ1v) is 8.70. The van der Waals surface area contributed by atoms with Gasteiger partial charge in [0.2, 0.25) is 10.0 Å². The van der Waals surface area contributed by atoms with Gasteiger partial charge in [-0.15, -0.1) is 0 Å². The van der Waals surface area contributed by atoms with Crippen LogP contribution in [0, 0.1) is 0 Å². The van der Waals surface area contributed by atoms with Gasteiger partial charge in [-0.1, -0.05) is 6.42 Å². The van der Waals surface area contributed by atoms with E-state index in [0.717, 1.165) is 19.3 Å². The van der Waals surface area contributed by atoms with Crippen LogP contribution in [0.15, 0.2) is 26.0 Å². The minimum atomic E-state index is -3.41. The Kier molecular flexibility index (Phi) is 4.36. The molecular formula is C11H14Br2N2O2S. The summed E-state index contributed by atoms with van der Waals surface area (Å²) in [6, 6.07) is 3.12. The molecule has 0 radical (unpaired) electrons. The summed E-state index contributed by atoms with van der Waals surface area (Å²) in [6.07, 6.45) is 2.95. The Labute approximate surface area is 124 Å². The lowest BCUT2D eigenvalue weighted by Crippen LogP contribution is -2.35. The number of rotatable bonds is 2. The highest BCUT2D eigenvalue weighted by Gasteiger charge is 2.26. The SMILES string of the molecule is Nc1c(Br)cc(S(=O)(=O)N2CCCCC2)cc1Br. The molecule has 2 rings (SSSR count). The topological polar surface area (TPSA) is 63.4 Å². The van der Waals surface area contributed by atoms with Crippen LogP contribution in [0.3, 0.4) is 0 Å². The Hall–Kier alpha value is -0.110. The van der Waals surface area contributed by atoms with Gasteiger partial charge in [0.15, 0.2) is 0 Å². The van der Waals surface area contributed by atoms with Crippen LogP contribution in [0.4, 0.5) is 5.69 Å². The first-order chi connectivity index (χ1) is 8.43. The van der Waals surface area contributed by atoms with Gasteiger partial charge >= 0.3 is 0 Å². The van der Waals surface area contributed by atoms with Crippen LogP contribution in [0.25, 0.3) is 0 Å². The molecule has 1 aromatic carbocycles. The zero-order valence-electron chi connectivity index (χ0n) is 9.70. The van der Waals surface area contributed by atoms with Crippen molar-refractivity contribution in [1.29, 1.82) is 0 Å². The van der Waals surface area contributed by atoms with E-state index >= 15 is 0 Å². The van der Waals surface area contributed by atoms with Crippen LogP contribution in [0.1, 0.15) is 19.3 Å². The lowest BCUT2D eigenvalue weighted by Gasteiger charge is -2.26. The van der Waals surface area contributed by atoms with Crippen molar-refractivity contribution in [2.75, 3.05) is 18.8 Å². The fourth-order valence-corrected chi connectivity index (χ4v) is 5.02. The molecule has 0 saturated carbocycles. The second kappa shape index (κ2) is 5.48. The number of nitrogens with two attached hydrogens (primary N) is 1. The molecule has 100 valence electrons. The molecule has 0 spiro atoms. The van der Waals surface area contributed by atoms with Crippen molar-refractivity contribution in [1.82, 2.24) is 4.31 Å². The summed E-state index contributed by atoms with van der Waals surface area (Å²) in [5.74, 6) is 0. The Morgan fingerprint density at radius 1 is 1.06 bits per heavy atom. The highest BCUT2D eigenvalue weighted by atomic mass is 79.9. The first kappa shape index (κ1) is 14.3. The monoisotopic (exact) mass is 396 g/mol. The fourth-order valence-electron chi connectivity index (χ4n) is 1.96. The summed E-state index contributed by atoms with van der Waals surface area (Å²) in [7, 11) is -3.41. The van der Waals surface area contributed by atoms with Crippen molar-refractivity contribution in [2.24, 2.45) is 0 Å². The van der Waals surface area contributed by atoms with Crippen molar-refractivity contribution in [3.8, 4) is 0 Å². The van der Waals surface area contributed by atoms with E-state index in [2.05, 4.69) is 31.9 Å². The van der Waals surface area contributed by atoms with Crippen LogP contribution < -0.4 is 5.73 Å². The predicted octanol–water partition coefficient (Wildman–Crippen LogP) is 2.97. The van der Waals surface area contributed by atoms with Gasteiger partial charge in [0, 0.05) is 22.0 Å². The molecule has 7 heteroatoms. The van der Waals surface area contributed by atoms with Gasteiger partial charge in [-0.2, -0.15) is 4.31 Å². The van der Waals surface area contributed by atoms with Gasteiger partial charge in [0.25, 0.3) is 0 Å². The van der Waals surface area contributed by atoms with E-state index in [9.17, 15) is 8.42 Å². The zero-order chi connectivity index (χ0) is 13.3. The van der Waals surface area contributed by atoms with Crippen LogP contribution in [0.2, 0.25) is 0 Å². The third-order valence-corrected chi connectivity index (χ3v) is 6.19. The van der Waals surface area contributed by atoms with Gasteiger partial charge < -0.3 is 5.73 Å². The quantitative estimate of drug-likeness (QED) is 0.780. The normalized spacial score (nSPS) is 17.9. The number of hydrogen-bond acceptors (Lipinski definition) is 3. The largest absolute Gasteiger partial charge is 0.397 e. The maximum absolute atomic E-state index is 12.4. The molecule has 0 aromatic heterocycles. The summed E-state index contributed by atoms with van der Waals surface area (Å²) in [5, 5.41) is 0. The Morgan fingerprint density at radius 2 is 1.56 bits per heavy atom. The number of sulfonamides is 1. The van der Waals surface area contributed by atoms with E-state index in [-0.39, 0.29) is 4.90 Å². The lowest BCUT2D eigenvalue weighted by molar-refractivity contribution is 0.346. The van der Waals surface area contributed by atoms with Crippen LogP contribution >= 0.6 is 31.9 Å². The average Bonchev–Trinajstić information content (AvgIpc) is 2.36. The summed E-state index contributed by atoms with van der Waals surface area (Å²) >= 11 is 6.55. The lowest BCUT2D eigenvalue weighted by atomic mass is 10.2. The van der Waals surface area contributed by atoms with Crippen LogP contribution in [-0.4, -0.2) is 25.8 Å². The van der Waals surface area contributed by atoms with Gasteiger partial charge in [0.05, 0.1) is 10.6 Å². The Bertz CT molecular complexity index is 531. The number of nitrogens with zero attached hydrogens (tertiary/aromatic N) is 1. The van der Waals surface area contributed by atoms with Crippen LogP contribution in [0.5, 0.6) is 0 Å². The molecule has 0 aliphatic carbocycles. The van der Waals surface area contributed by atoms with Gasteiger partial charge in [-0.25, -0.2) is 8.42 Å². The molecule has 1 heterocycles. The molecule has 1 aliphatic rings. The number of anilines is 1. The third-order valence-electron chi connectivity index (χ3n) is 3.01. The molecule has 0 amide bonds. The zero-order valence-corrected chi connectivity index (χ0v) is 13.7. The smallest absolute Gasteiger partial charge is 0.243 e. The minimum Gasteiger partial charge on any atom is -0.397 e. The molecule has 18 heavy (non-hydrogen) atoms. The Balaban J connectivity index is 2.41. The standard InChI is InChI=1S/C11H14Br2N2O2S/c12-9-6-8(7-10(13)11(9)14)18(16,17)15-4-2-1-3-5-15/h6-7H,1-5,14H2. The van der Waals surface area contributed by atoms with Crippen molar-refractivity contribution in [2.45, 2.75) is 24.2 Å². The van der Waals surface area contributed by atoms with E-state index in [1.165, 1.54) is 0 Å². The highest BCUT2D eigenvalue weighted by molar-refractivity contribution is 9.11. The molecule has 1 fully saturated rings. The fraction of sp³-hybridized carbons (Fsp3) is 0.455. The van der Waals surface area contributed by atoms with Crippen molar-refractivity contribution >= 4 is 47.6 Å². The summed E-state index contributed by atoms with van der Waals surface area (Å²) < 4.78 is 27.6. The molecular weight excluding hydrogens is 384 g/mol. The highest BCUT2D eigenvalue weighted by Crippen LogP contribution is 2.33. The molecule has 1 aromatic rings. The van der Waals surface area contributed by atoms with Gasteiger partial charge in [0.1, 0.15) is 0 Å². The van der Waals surface area contributed by atoms with E-state index in [0.29, 0.717) is 27.7 Å². The molecule has 2 N–H and O–H groups in total. The maximum atomic E-state index is 12.4. The molecule has 4 nitrogen and oxygen atoms in total. The number of nitrogen functional groups attached to an aromatic ring is 1. The van der Waals surface area contributed by atoms with E-state index in [1.54, 1.807) is 16.4 Å². The molecule has 1 aliphatic heterocycles. The van der Waals surface area contributed by atoms with Gasteiger partial charge in [-0.05, 0) is 56.8 Å². The number of halogens is 2. The summed E-state index contributed by atoms with van der Waals surface area (Å²) in [6.45, 7) is 1.20. The summed E-state index contributed by atoms with van der Waals surface area (Å²) in [5.41, 5.74) is 6.28. The van der Waals surface area contributed by atoms with E-state index in [4.69, 9.17) is 5.73 Å². The molecule has 0 unspecified atom stereocenters. The number of hydrogen-bond donors (Lipinski definition) is 1. The molecule has 0 atom stereocenters. The first-order valence-electron chi connectivity index (χ1n) is 5.67. The van der Waals surface area contributed by atoms with Crippen molar-refractivity contribution in [3.63, 3.8) is 0 Å². The third kappa shape index (κ3) is 2.74.